The van der Waals surface area contributed by atoms with Gasteiger partial charge in [-0.3, -0.25) is 4.79 Å². The summed E-state index contributed by atoms with van der Waals surface area (Å²) < 4.78 is 7.49. The first-order chi connectivity index (χ1) is 12.7. The lowest BCUT2D eigenvalue weighted by Gasteiger charge is -2.24. The number of amides is 1. The first-order valence-electron chi connectivity index (χ1n) is 8.47. The van der Waals surface area contributed by atoms with E-state index in [-0.39, 0.29) is 11.8 Å². The number of hydrogen-bond acceptors (Lipinski definition) is 3. The zero-order valence-electron chi connectivity index (χ0n) is 14.1. The van der Waals surface area contributed by atoms with Gasteiger partial charge in [-0.25, -0.2) is 4.68 Å². The summed E-state index contributed by atoms with van der Waals surface area (Å²) >= 11 is 6.03. The zero-order chi connectivity index (χ0) is 17.9. The number of fused-ring (bicyclic) bond motifs is 1. The number of ether oxygens (including phenoxy) is 1. The van der Waals surface area contributed by atoms with Gasteiger partial charge in [0, 0.05) is 24.0 Å². The van der Waals surface area contributed by atoms with Gasteiger partial charge in [0.1, 0.15) is 12.4 Å². The van der Waals surface area contributed by atoms with E-state index in [1.54, 1.807) is 16.9 Å². The molecule has 0 radical (unpaired) electrons. The molecule has 0 bridgehead atoms. The number of halogens is 1. The van der Waals surface area contributed by atoms with Crippen molar-refractivity contribution in [2.45, 2.75) is 13.0 Å². The maximum absolute atomic E-state index is 12.5. The highest BCUT2D eigenvalue weighted by atomic mass is 35.5. The summed E-state index contributed by atoms with van der Waals surface area (Å²) in [6, 6.07) is 15.3. The molecule has 0 saturated heterocycles. The molecule has 1 aromatic heterocycles. The highest BCUT2D eigenvalue weighted by Crippen LogP contribution is 2.29. The Labute approximate surface area is 156 Å². The van der Waals surface area contributed by atoms with Crippen LogP contribution in [-0.4, -0.2) is 22.3 Å². The van der Waals surface area contributed by atoms with Crippen molar-refractivity contribution in [2.75, 3.05) is 6.61 Å². The summed E-state index contributed by atoms with van der Waals surface area (Å²) in [6.07, 6.45) is 4.27. The molecule has 1 N–H and O–H groups in total. The van der Waals surface area contributed by atoms with E-state index in [1.165, 1.54) is 0 Å². The summed E-state index contributed by atoms with van der Waals surface area (Å²) in [7, 11) is 0. The minimum absolute atomic E-state index is 0.00761. The van der Waals surface area contributed by atoms with Crippen molar-refractivity contribution in [3.63, 3.8) is 0 Å². The third kappa shape index (κ3) is 3.58. The second kappa shape index (κ2) is 7.22. The van der Waals surface area contributed by atoms with Gasteiger partial charge in [0.2, 0.25) is 5.91 Å². The fraction of sp³-hybridized carbons (Fsp3) is 0.200. The van der Waals surface area contributed by atoms with Crippen LogP contribution < -0.4 is 10.1 Å². The number of carbonyl (C=O) groups excluding carboxylic acids is 1. The molecule has 2 aromatic carbocycles. The molecule has 5 nitrogen and oxygen atoms in total. The maximum Gasteiger partial charge on any atom is 0.227 e. The molecule has 0 fully saturated rings. The SMILES string of the molecule is O=C(NCc1ccc(-n2cccn2)cc1)C1COc2ccc(Cl)cc2C1. The lowest BCUT2D eigenvalue weighted by atomic mass is 9.96. The lowest BCUT2D eigenvalue weighted by molar-refractivity contribution is -0.126. The van der Waals surface area contributed by atoms with Crippen molar-refractivity contribution in [3.05, 3.63) is 77.1 Å². The number of carbonyl (C=O) groups is 1. The Morgan fingerprint density at radius 2 is 2.12 bits per heavy atom. The number of hydrogen-bond donors (Lipinski definition) is 1. The largest absolute Gasteiger partial charge is 0.492 e. The van der Waals surface area contributed by atoms with Gasteiger partial charge in [0.05, 0.1) is 11.6 Å². The molecule has 1 unspecified atom stereocenters. The molecule has 1 amide bonds. The van der Waals surface area contributed by atoms with Crippen LogP contribution >= 0.6 is 11.6 Å². The highest BCUT2D eigenvalue weighted by Gasteiger charge is 2.25. The summed E-state index contributed by atoms with van der Waals surface area (Å²) in [4.78, 5) is 12.5. The van der Waals surface area contributed by atoms with E-state index < -0.39 is 0 Å². The van der Waals surface area contributed by atoms with Crippen LogP contribution in [0.4, 0.5) is 0 Å². The Morgan fingerprint density at radius 1 is 1.27 bits per heavy atom. The summed E-state index contributed by atoms with van der Waals surface area (Å²) in [5.74, 6) is 0.601. The number of nitrogens with zero attached hydrogens (tertiary/aromatic N) is 2. The Morgan fingerprint density at radius 3 is 2.88 bits per heavy atom. The topological polar surface area (TPSA) is 56.2 Å². The van der Waals surface area contributed by atoms with Crippen LogP contribution in [-0.2, 0) is 17.8 Å². The number of benzene rings is 2. The zero-order valence-corrected chi connectivity index (χ0v) is 14.8. The van der Waals surface area contributed by atoms with Crippen LogP contribution in [0.25, 0.3) is 5.69 Å². The van der Waals surface area contributed by atoms with E-state index in [0.29, 0.717) is 24.6 Å². The van der Waals surface area contributed by atoms with Crippen molar-refractivity contribution in [1.29, 1.82) is 0 Å². The van der Waals surface area contributed by atoms with Gasteiger partial charge < -0.3 is 10.1 Å². The second-order valence-corrected chi connectivity index (χ2v) is 6.74. The maximum atomic E-state index is 12.5. The van der Waals surface area contributed by atoms with E-state index in [2.05, 4.69) is 10.4 Å². The minimum Gasteiger partial charge on any atom is -0.492 e. The smallest absolute Gasteiger partial charge is 0.227 e. The van der Waals surface area contributed by atoms with Gasteiger partial charge in [-0.2, -0.15) is 5.10 Å². The number of rotatable bonds is 4. The van der Waals surface area contributed by atoms with Gasteiger partial charge >= 0.3 is 0 Å². The van der Waals surface area contributed by atoms with Gasteiger partial charge in [-0.1, -0.05) is 23.7 Å². The molecule has 4 rings (SSSR count). The van der Waals surface area contributed by atoms with Crippen molar-refractivity contribution < 1.29 is 9.53 Å². The average Bonchev–Trinajstić information content (AvgIpc) is 3.20. The molecule has 6 heteroatoms. The quantitative estimate of drug-likeness (QED) is 0.769. The highest BCUT2D eigenvalue weighted by molar-refractivity contribution is 6.30. The molecule has 132 valence electrons. The van der Waals surface area contributed by atoms with E-state index in [0.717, 1.165) is 22.6 Å². The number of nitrogens with one attached hydrogen (secondary N) is 1. The summed E-state index contributed by atoms with van der Waals surface area (Å²) in [6.45, 7) is 0.871. The Kier molecular flexibility index (Phi) is 4.63. The van der Waals surface area contributed by atoms with Crippen molar-refractivity contribution in [3.8, 4) is 11.4 Å². The van der Waals surface area contributed by atoms with Crippen molar-refractivity contribution in [2.24, 2.45) is 5.92 Å². The van der Waals surface area contributed by atoms with Crippen LogP contribution in [0.2, 0.25) is 5.02 Å². The molecule has 1 atom stereocenters. The first kappa shape index (κ1) is 16.7. The Balaban J connectivity index is 1.35. The van der Waals surface area contributed by atoms with Gasteiger partial charge in [0.15, 0.2) is 0 Å². The molecule has 26 heavy (non-hydrogen) atoms. The predicted octanol–water partition coefficient (Wildman–Crippen LogP) is 3.39. The third-order valence-electron chi connectivity index (χ3n) is 4.47. The van der Waals surface area contributed by atoms with E-state index in [1.807, 2.05) is 48.7 Å². The molecule has 1 aliphatic rings. The first-order valence-corrected chi connectivity index (χ1v) is 8.85. The molecule has 3 aromatic rings. The van der Waals surface area contributed by atoms with Crippen LogP contribution in [0.1, 0.15) is 11.1 Å². The normalized spacial score (nSPS) is 15.8. The second-order valence-electron chi connectivity index (χ2n) is 6.30. The van der Waals surface area contributed by atoms with Crippen LogP contribution in [0.3, 0.4) is 0 Å². The minimum atomic E-state index is -0.204. The third-order valence-corrected chi connectivity index (χ3v) is 4.71. The predicted molar refractivity (Wildman–Crippen MR) is 99.6 cm³/mol. The molecule has 0 spiro atoms. The van der Waals surface area contributed by atoms with Crippen molar-refractivity contribution >= 4 is 17.5 Å². The molecule has 0 saturated carbocycles. The van der Waals surface area contributed by atoms with E-state index >= 15 is 0 Å². The van der Waals surface area contributed by atoms with Gasteiger partial charge in [-0.15, -0.1) is 0 Å². The fourth-order valence-electron chi connectivity index (χ4n) is 3.05. The summed E-state index contributed by atoms with van der Waals surface area (Å²) in [5, 5.41) is 7.85. The van der Waals surface area contributed by atoms with Gasteiger partial charge in [-0.05, 0) is 53.9 Å². The average molecular weight is 368 g/mol. The van der Waals surface area contributed by atoms with Crippen LogP contribution in [0.15, 0.2) is 60.9 Å². The van der Waals surface area contributed by atoms with E-state index in [9.17, 15) is 4.79 Å². The van der Waals surface area contributed by atoms with Gasteiger partial charge in [0.25, 0.3) is 0 Å². The molecular weight excluding hydrogens is 350 g/mol. The molecular formula is C20H18ClN3O2. The standard InChI is InChI=1S/C20H18ClN3O2/c21-17-4-7-19-15(11-17)10-16(13-26-19)20(25)22-12-14-2-5-18(6-3-14)24-9-1-8-23-24/h1-9,11,16H,10,12-13H2,(H,22,25). The number of aromatic nitrogens is 2. The fourth-order valence-corrected chi connectivity index (χ4v) is 3.25. The monoisotopic (exact) mass is 367 g/mol. The van der Waals surface area contributed by atoms with E-state index in [4.69, 9.17) is 16.3 Å². The molecule has 1 aliphatic heterocycles. The Bertz CT molecular complexity index is 907. The summed E-state index contributed by atoms with van der Waals surface area (Å²) in [5.41, 5.74) is 3.00. The van der Waals surface area contributed by atoms with Crippen LogP contribution in [0, 0.1) is 5.92 Å². The van der Waals surface area contributed by atoms with Crippen LogP contribution in [0.5, 0.6) is 5.75 Å². The molecule has 2 heterocycles. The lowest BCUT2D eigenvalue weighted by Crippen LogP contribution is -2.37. The molecule has 0 aliphatic carbocycles. The van der Waals surface area contributed by atoms with Crippen molar-refractivity contribution in [1.82, 2.24) is 15.1 Å². The Hall–Kier alpha value is -2.79.